The topological polar surface area (TPSA) is 105 Å². The molecule has 0 spiro atoms. The van der Waals surface area contributed by atoms with Crippen LogP contribution in [0.4, 0.5) is 5.13 Å². The molecule has 9 heteroatoms. The van der Waals surface area contributed by atoms with Crippen molar-refractivity contribution >= 4 is 42.5 Å². The van der Waals surface area contributed by atoms with E-state index in [1.807, 2.05) is 6.07 Å². The zero-order chi connectivity index (χ0) is 22.7. The van der Waals surface area contributed by atoms with E-state index < -0.39 is 16.1 Å². The fourth-order valence-corrected chi connectivity index (χ4v) is 5.56. The number of carbonyl (C=O) groups is 1. The van der Waals surface area contributed by atoms with Crippen LogP contribution in [-0.4, -0.2) is 56.0 Å². The molecule has 1 fully saturated rings. The highest BCUT2D eigenvalue weighted by molar-refractivity contribution is 7.88. The van der Waals surface area contributed by atoms with Crippen LogP contribution in [0.3, 0.4) is 0 Å². The Morgan fingerprint density at radius 3 is 2.62 bits per heavy atom. The van der Waals surface area contributed by atoms with Crippen LogP contribution < -0.4 is 10.5 Å². The molecule has 3 aromatic rings. The van der Waals surface area contributed by atoms with Gasteiger partial charge in [0.15, 0.2) is 10.9 Å². The molecule has 170 valence electrons. The fraction of sp³-hybridized carbons (Fsp3) is 0.391. The van der Waals surface area contributed by atoms with E-state index in [-0.39, 0.29) is 12.3 Å². The molecule has 0 bridgehead atoms. The normalized spacial score (nSPS) is 16.9. The van der Waals surface area contributed by atoms with Crippen molar-refractivity contribution in [3.8, 4) is 0 Å². The van der Waals surface area contributed by atoms with Crippen molar-refractivity contribution in [2.75, 3.05) is 31.6 Å². The third kappa shape index (κ3) is 5.72. The number of thiazole rings is 1. The van der Waals surface area contributed by atoms with Crippen molar-refractivity contribution in [1.82, 2.24) is 14.6 Å². The molecule has 1 saturated heterocycles. The summed E-state index contributed by atoms with van der Waals surface area (Å²) in [5, 5.41) is 0.459. The predicted molar refractivity (Wildman–Crippen MR) is 129 cm³/mol. The number of carbonyl (C=O) groups excluding carboxylic acids is 1. The Morgan fingerprint density at radius 1 is 1.22 bits per heavy atom. The molecule has 7 nitrogen and oxygen atoms in total. The Morgan fingerprint density at radius 2 is 1.94 bits per heavy atom. The monoisotopic (exact) mass is 472 g/mol. The minimum atomic E-state index is -3.41. The largest absolute Gasteiger partial charge is 0.375 e. The van der Waals surface area contributed by atoms with Gasteiger partial charge in [-0.15, -0.1) is 0 Å². The molecular weight excluding hydrogens is 444 g/mol. The lowest BCUT2D eigenvalue weighted by molar-refractivity contribution is 0.0749. The lowest BCUT2D eigenvalue weighted by atomic mass is 9.89. The minimum Gasteiger partial charge on any atom is -0.375 e. The Hall–Kier alpha value is -2.33. The second-order valence-corrected chi connectivity index (χ2v) is 11.3. The maximum atomic E-state index is 13.5. The predicted octanol–water partition coefficient (Wildman–Crippen LogP) is 2.93. The van der Waals surface area contributed by atoms with Gasteiger partial charge in [0.25, 0.3) is 0 Å². The molecule has 2 aromatic carbocycles. The maximum absolute atomic E-state index is 13.5. The quantitative estimate of drug-likeness (QED) is 0.489. The minimum absolute atomic E-state index is 0.0594. The number of nitrogens with one attached hydrogen (secondary N) is 1. The Labute approximate surface area is 192 Å². The van der Waals surface area contributed by atoms with E-state index in [4.69, 9.17) is 5.73 Å². The number of sulfonamides is 1. The Bertz CT molecular complexity index is 1190. The summed E-state index contributed by atoms with van der Waals surface area (Å²) in [4.78, 5) is 19.8. The molecule has 0 amide bonds. The average Bonchev–Trinajstić information content (AvgIpc) is 3.14. The van der Waals surface area contributed by atoms with E-state index in [2.05, 4.69) is 38.9 Å². The first-order valence-electron chi connectivity index (χ1n) is 10.7. The van der Waals surface area contributed by atoms with Crippen LogP contribution in [0, 0.1) is 5.92 Å². The average molecular weight is 473 g/mol. The molecule has 32 heavy (non-hydrogen) atoms. The van der Waals surface area contributed by atoms with E-state index in [1.54, 1.807) is 18.2 Å². The molecular formula is C23H28N4O3S2. The second kappa shape index (κ2) is 9.66. The summed E-state index contributed by atoms with van der Waals surface area (Å²) in [6.07, 6.45) is 4.09. The summed E-state index contributed by atoms with van der Waals surface area (Å²) in [6, 6.07) is 15.2. The second-order valence-electron chi connectivity index (χ2n) is 8.40. The first-order valence-corrected chi connectivity index (χ1v) is 13.4. The van der Waals surface area contributed by atoms with Crippen molar-refractivity contribution in [3.63, 3.8) is 0 Å². The molecule has 1 unspecified atom stereocenters. The number of ketones is 1. The van der Waals surface area contributed by atoms with Gasteiger partial charge >= 0.3 is 0 Å². The summed E-state index contributed by atoms with van der Waals surface area (Å²) in [5.74, 6) is 0.473. The van der Waals surface area contributed by atoms with Crippen LogP contribution in [0.25, 0.3) is 10.2 Å². The van der Waals surface area contributed by atoms with Gasteiger partial charge in [-0.05, 0) is 62.0 Å². The number of aromatic nitrogens is 1. The van der Waals surface area contributed by atoms with Crippen molar-refractivity contribution in [2.24, 2.45) is 5.92 Å². The van der Waals surface area contributed by atoms with Gasteiger partial charge in [-0.25, -0.2) is 18.1 Å². The van der Waals surface area contributed by atoms with Crippen molar-refractivity contribution in [3.05, 3.63) is 59.7 Å². The molecule has 1 aromatic heterocycles. The number of piperidine rings is 1. The van der Waals surface area contributed by atoms with Gasteiger partial charge in [0.2, 0.25) is 10.0 Å². The van der Waals surface area contributed by atoms with Crippen molar-refractivity contribution in [2.45, 2.75) is 25.3 Å². The van der Waals surface area contributed by atoms with Gasteiger partial charge in [0.05, 0.1) is 22.5 Å². The standard InChI is InChI=1S/C23H28N4O3S2/c1-32(29,30)25-15-20(22(28)18-7-8-19-21(14-18)31-23(24)26-19)27-11-9-17(10-12-27)13-16-5-3-2-4-6-16/h2-8,14,17,20,25H,9-13,15H2,1H3,(H2,24,26). The van der Waals surface area contributed by atoms with Gasteiger partial charge in [0.1, 0.15) is 0 Å². The molecule has 2 heterocycles. The zero-order valence-corrected chi connectivity index (χ0v) is 19.7. The number of anilines is 1. The van der Waals surface area contributed by atoms with Crippen molar-refractivity contribution in [1.29, 1.82) is 0 Å². The van der Waals surface area contributed by atoms with Crippen LogP contribution >= 0.6 is 11.3 Å². The molecule has 0 radical (unpaired) electrons. The molecule has 1 aliphatic heterocycles. The van der Waals surface area contributed by atoms with Crippen LogP contribution in [-0.2, 0) is 16.4 Å². The van der Waals surface area contributed by atoms with Crippen LogP contribution in [0.5, 0.6) is 0 Å². The van der Waals surface area contributed by atoms with Gasteiger partial charge in [-0.2, -0.15) is 0 Å². The fourth-order valence-electron chi connectivity index (χ4n) is 4.32. The Kier molecular flexibility index (Phi) is 6.90. The number of hydrogen-bond acceptors (Lipinski definition) is 7. The molecule has 0 saturated carbocycles. The SMILES string of the molecule is CS(=O)(=O)NCC(C(=O)c1ccc2nc(N)sc2c1)N1CCC(Cc2ccccc2)CC1. The van der Waals surface area contributed by atoms with E-state index in [0.717, 1.165) is 48.8 Å². The highest BCUT2D eigenvalue weighted by Gasteiger charge is 2.31. The third-order valence-electron chi connectivity index (χ3n) is 5.99. The first kappa shape index (κ1) is 22.8. The molecule has 0 aliphatic carbocycles. The Balaban J connectivity index is 1.49. The number of benzene rings is 2. The van der Waals surface area contributed by atoms with Crippen molar-refractivity contribution < 1.29 is 13.2 Å². The lowest BCUT2D eigenvalue weighted by Crippen LogP contribution is -2.51. The van der Waals surface area contributed by atoms with E-state index in [0.29, 0.717) is 16.6 Å². The molecule has 3 N–H and O–H groups in total. The van der Waals surface area contributed by atoms with Gasteiger partial charge < -0.3 is 5.73 Å². The van der Waals surface area contributed by atoms with Crippen LogP contribution in [0.2, 0.25) is 0 Å². The number of nitrogens with zero attached hydrogens (tertiary/aromatic N) is 2. The maximum Gasteiger partial charge on any atom is 0.208 e. The number of nitrogens with two attached hydrogens (primary N) is 1. The van der Waals surface area contributed by atoms with Gasteiger partial charge in [-0.1, -0.05) is 41.7 Å². The van der Waals surface area contributed by atoms with E-state index >= 15 is 0 Å². The number of rotatable bonds is 8. The van der Waals surface area contributed by atoms with E-state index in [9.17, 15) is 13.2 Å². The summed E-state index contributed by atoms with van der Waals surface area (Å²) in [6.45, 7) is 1.58. The molecule has 1 aliphatic rings. The number of Topliss-reactive ketones (excluding diaryl/α,β-unsaturated/α-hetero) is 1. The number of nitrogen functional groups attached to an aromatic ring is 1. The zero-order valence-electron chi connectivity index (χ0n) is 18.0. The lowest BCUT2D eigenvalue weighted by Gasteiger charge is -2.37. The van der Waals surface area contributed by atoms with E-state index in [1.165, 1.54) is 16.9 Å². The summed E-state index contributed by atoms with van der Waals surface area (Å²) >= 11 is 1.34. The van der Waals surface area contributed by atoms with Gasteiger partial charge in [-0.3, -0.25) is 9.69 Å². The number of likely N-dealkylation sites (tertiary alicyclic amines) is 1. The highest BCUT2D eigenvalue weighted by Crippen LogP contribution is 2.27. The third-order valence-corrected chi connectivity index (χ3v) is 7.53. The first-order chi connectivity index (χ1) is 15.3. The van der Waals surface area contributed by atoms with Gasteiger partial charge in [0, 0.05) is 12.1 Å². The molecule has 1 atom stereocenters. The molecule has 4 rings (SSSR count). The summed E-state index contributed by atoms with van der Waals surface area (Å²) in [5.41, 5.74) is 8.43. The smallest absolute Gasteiger partial charge is 0.208 e. The number of hydrogen-bond donors (Lipinski definition) is 2. The number of fused-ring (bicyclic) bond motifs is 1. The van der Waals surface area contributed by atoms with Crippen LogP contribution in [0.15, 0.2) is 48.5 Å². The highest BCUT2D eigenvalue weighted by atomic mass is 32.2. The summed E-state index contributed by atoms with van der Waals surface area (Å²) in [7, 11) is -3.41. The van der Waals surface area contributed by atoms with Crippen LogP contribution in [0.1, 0.15) is 28.8 Å². The summed E-state index contributed by atoms with van der Waals surface area (Å²) < 4.78 is 26.9.